The average molecular weight is 353 g/mol. The third-order valence-electron chi connectivity index (χ3n) is 3.76. The topological polar surface area (TPSA) is 112 Å². The van der Waals surface area contributed by atoms with Crippen molar-refractivity contribution in [3.8, 4) is 0 Å². The Balaban J connectivity index is 2.05. The van der Waals surface area contributed by atoms with Crippen molar-refractivity contribution in [1.29, 1.82) is 0 Å². The first-order chi connectivity index (χ1) is 11.5. The fourth-order valence-electron chi connectivity index (χ4n) is 2.46. The van der Waals surface area contributed by atoms with Gasteiger partial charge in [0.2, 0.25) is 5.91 Å². The number of aliphatic hydroxyl groups excluding tert-OH is 1. The molecule has 0 bridgehead atoms. The maximum Gasteiger partial charge on any atom is 0.277 e. The Kier molecular flexibility index (Phi) is 6.38. The molecule has 1 atom stereocenters. The number of aromatic amines is 1. The first-order valence-corrected chi connectivity index (χ1v) is 9.19. The Bertz CT molecular complexity index is 770. The summed E-state index contributed by atoms with van der Waals surface area (Å²) in [6.07, 6.45) is 3.16. The fourth-order valence-corrected chi connectivity index (χ4v) is 2.98. The molecule has 8 nitrogen and oxygen atoms in total. The second kappa shape index (κ2) is 8.29. The molecule has 0 saturated carbocycles. The van der Waals surface area contributed by atoms with E-state index in [2.05, 4.69) is 20.4 Å². The maximum atomic E-state index is 12.5. The van der Waals surface area contributed by atoms with E-state index in [1.54, 1.807) is 25.6 Å². The molecule has 2 aromatic heterocycles. The lowest BCUT2D eigenvalue weighted by molar-refractivity contribution is -0.122. The van der Waals surface area contributed by atoms with Crippen molar-refractivity contribution in [3.63, 3.8) is 0 Å². The van der Waals surface area contributed by atoms with E-state index in [4.69, 9.17) is 0 Å². The van der Waals surface area contributed by atoms with E-state index in [-0.39, 0.29) is 30.5 Å². The molecular formula is C15H23N5O3S. The summed E-state index contributed by atoms with van der Waals surface area (Å²) in [6.45, 7) is 3.41. The van der Waals surface area contributed by atoms with Gasteiger partial charge < -0.3 is 10.4 Å². The highest BCUT2D eigenvalue weighted by Gasteiger charge is 2.15. The second-order valence-corrected chi connectivity index (χ2v) is 6.64. The van der Waals surface area contributed by atoms with Crippen molar-refractivity contribution in [2.24, 2.45) is 0 Å². The summed E-state index contributed by atoms with van der Waals surface area (Å²) in [7, 11) is 0. The smallest absolute Gasteiger partial charge is 0.277 e. The number of nitrogens with one attached hydrogen (secondary N) is 2. The molecule has 0 radical (unpaired) electrons. The van der Waals surface area contributed by atoms with Crippen LogP contribution in [0.15, 0.2) is 4.79 Å². The van der Waals surface area contributed by atoms with Crippen molar-refractivity contribution in [2.45, 2.75) is 39.2 Å². The van der Waals surface area contributed by atoms with Gasteiger partial charge >= 0.3 is 0 Å². The number of aromatic nitrogens is 4. The summed E-state index contributed by atoms with van der Waals surface area (Å²) in [4.78, 5) is 33.0. The highest BCUT2D eigenvalue weighted by molar-refractivity contribution is 7.98. The van der Waals surface area contributed by atoms with Gasteiger partial charge in [-0.1, -0.05) is 0 Å². The lowest BCUT2D eigenvalue weighted by atomic mass is 10.1. The Morgan fingerprint density at radius 1 is 1.42 bits per heavy atom. The van der Waals surface area contributed by atoms with Gasteiger partial charge in [-0.05, 0) is 38.7 Å². The fraction of sp³-hybridized carbons (Fsp3) is 0.600. The number of hydrogen-bond donors (Lipinski definition) is 3. The van der Waals surface area contributed by atoms with Crippen molar-refractivity contribution in [3.05, 3.63) is 27.4 Å². The van der Waals surface area contributed by atoms with Crippen LogP contribution in [0.2, 0.25) is 0 Å². The molecule has 2 rings (SSSR count). The molecule has 9 heteroatoms. The van der Waals surface area contributed by atoms with Gasteiger partial charge in [0.05, 0.1) is 18.3 Å². The Hall–Kier alpha value is -1.87. The molecule has 0 aliphatic carbocycles. The van der Waals surface area contributed by atoms with Gasteiger partial charge in [0.15, 0.2) is 0 Å². The molecule has 132 valence electrons. The molecule has 2 heterocycles. The van der Waals surface area contributed by atoms with Crippen molar-refractivity contribution < 1.29 is 9.90 Å². The summed E-state index contributed by atoms with van der Waals surface area (Å²) in [5.41, 5.74) is 0.850. The first kappa shape index (κ1) is 18.5. The number of thioether (sulfide) groups is 1. The van der Waals surface area contributed by atoms with E-state index in [0.29, 0.717) is 35.7 Å². The highest BCUT2D eigenvalue weighted by atomic mass is 32.2. The molecule has 24 heavy (non-hydrogen) atoms. The normalized spacial score (nSPS) is 12.5. The minimum absolute atomic E-state index is 0.0884. The van der Waals surface area contributed by atoms with Crippen molar-refractivity contribution in [1.82, 2.24) is 24.9 Å². The van der Waals surface area contributed by atoms with Crippen LogP contribution in [-0.2, 0) is 11.2 Å². The SMILES string of the molecule is CSCC[C@@H](CO)NC(=O)CCc1c(C)nc2nc(C)[nH]n2c1=O. The monoisotopic (exact) mass is 353 g/mol. The standard InChI is InChI=1S/C15H23N5O3S/c1-9-12(14(23)20-15(16-9)17-10(2)19-20)4-5-13(22)18-11(8-21)6-7-24-3/h11,21H,4-8H2,1-3H3,(H,18,22)(H,16,17,19)/t11-/m0/s1. The molecular weight excluding hydrogens is 330 g/mol. The summed E-state index contributed by atoms with van der Waals surface area (Å²) in [6, 6.07) is -0.247. The summed E-state index contributed by atoms with van der Waals surface area (Å²) in [5, 5.41) is 14.9. The third kappa shape index (κ3) is 4.35. The van der Waals surface area contributed by atoms with E-state index in [1.807, 2.05) is 6.26 Å². The average Bonchev–Trinajstić information content (AvgIpc) is 2.91. The lowest BCUT2D eigenvalue weighted by Crippen LogP contribution is -2.38. The maximum absolute atomic E-state index is 12.5. The number of nitrogens with zero attached hydrogens (tertiary/aromatic N) is 3. The molecule has 0 aliphatic heterocycles. The van der Waals surface area contributed by atoms with Gasteiger partial charge in [-0.15, -0.1) is 0 Å². The van der Waals surface area contributed by atoms with Crippen LogP contribution in [-0.4, -0.2) is 55.3 Å². The Labute approximate surface area is 144 Å². The summed E-state index contributed by atoms with van der Waals surface area (Å²) in [5.74, 6) is 1.63. The quantitative estimate of drug-likeness (QED) is 0.625. The van der Waals surface area contributed by atoms with Gasteiger partial charge in [0, 0.05) is 12.0 Å². The van der Waals surface area contributed by atoms with E-state index < -0.39 is 0 Å². The molecule has 0 unspecified atom stereocenters. The summed E-state index contributed by atoms with van der Waals surface area (Å²) >= 11 is 1.67. The molecule has 0 spiro atoms. The number of amides is 1. The van der Waals surface area contributed by atoms with Crippen LogP contribution in [0.25, 0.3) is 5.78 Å². The van der Waals surface area contributed by atoms with Gasteiger partial charge in [0.1, 0.15) is 5.82 Å². The zero-order valence-corrected chi connectivity index (χ0v) is 14.9. The molecule has 0 aromatic carbocycles. The minimum atomic E-state index is -0.247. The van der Waals surface area contributed by atoms with Crippen molar-refractivity contribution in [2.75, 3.05) is 18.6 Å². The van der Waals surface area contributed by atoms with E-state index in [9.17, 15) is 14.7 Å². The Morgan fingerprint density at radius 2 is 2.17 bits per heavy atom. The number of H-pyrrole nitrogens is 1. The van der Waals surface area contributed by atoms with Crippen LogP contribution in [0, 0.1) is 13.8 Å². The van der Waals surface area contributed by atoms with Gasteiger partial charge in [-0.25, -0.2) is 4.98 Å². The van der Waals surface area contributed by atoms with Gasteiger partial charge in [-0.3, -0.25) is 14.7 Å². The number of fused-ring (bicyclic) bond motifs is 1. The number of hydrogen-bond acceptors (Lipinski definition) is 6. The molecule has 2 aromatic rings. The number of carbonyl (C=O) groups excluding carboxylic acids is 1. The lowest BCUT2D eigenvalue weighted by Gasteiger charge is -2.15. The highest BCUT2D eigenvalue weighted by Crippen LogP contribution is 2.06. The van der Waals surface area contributed by atoms with Crippen LogP contribution < -0.4 is 10.9 Å². The second-order valence-electron chi connectivity index (χ2n) is 5.65. The van der Waals surface area contributed by atoms with Crippen LogP contribution in [0.3, 0.4) is 0 Å². The van der Waals surface area contributed by atoms with E-state index >= 15 is 0 Å². The Morgan fingerprint density at radius 3 is 2.83 bits per heavy atom. The predicted octanol–water partition coefficient (Wildman–Crippen LogP) is 0.197. The molecule has 0 fully saturated rings. The van der Waals surface area contributed by atoms with E-state index in [1.165, 1.54) is 4.52 Å². The molecule has 0 saturated heterocycles. The number of aryl methyl sites for hydroxylation is 2. The molecule has 1 amide bonds. The zero-order chi connectivity index (χ0) is 17.7. The predicted molar refractivity (Wildman–Crippen MR) is 93.4 cm³/mol. The first-order valence-electron chi connectivity index (χ1n) is 7.80. The van der Waals surface area contributed by atoms with Crippen LogP contribution in [0.5, 0.6) is 0 Å². The molecule has 0 aliphatic rings. The van der Waals surface area contributed by atoms with Gasteiger partial charge in [-0.2, -0.15) is 21.3 Å². The van der Waals surface area contributed by atoms with Crippen LogP contribution >= 0.6 is 11.8 Å². The van der Waals surface area contributed by atoms with E-state index in [0.717, 1.165) is 5.75 Å². The third-order valence-corrected chi connectivity index (χ3v) is 4.41. The van der Waals surface area contributed by atoms with Crippen LogP contribution in [0.4, 0.5) is 0 Å². The number of carbonyl (C=O) groups is 1. The zero-order valence-electron chi connectivity index (χ0n) is 14.1. The number of aliphatic hydroxyl groups is 1. The van der Waals surface area contributed by atoms with Crippen LogP contribution in [0.1, 0.15) is 29.9 Å². The largest absolute Gasteiger partial charge is 0.394 e. The molecule has 3 N–H and O–H groups in total. The van der Waals surface area contributed by atoms with Crippen molar-refractivity contribution >= 4 is 23.4 Å². The number of rotatable bonds is 8. The minimum Gasteiger partial charge on any atom is -0.394 e. The van der Waals surface area contributed by atoms with Gasteiger partial charge in [0.25, 0.3) is 11.3 Å². The summed E-state index contributed by atoms with van der Waals surface area (Å²) < 4.78 is 1.30.